The maximum absolute atomic E-state index is 10.8. The van der Waals surface area contributed by atoms with Gasteiger partial charge in [-0.2, -0.15) is 0 Å². The van der Waals surface area contributed by atoms with Crippen molar-refractivity contribution in [2.75, 3.05) is 5.32 Å². The van der Waals surface area contributed by atoms with Crippen molar-refractivity contribution < 1.29 is 9.59 Å². The number of anilines is 1. The highest BCUT2D eigenvalue weighted by Crippen LogP contribution is 2.13. The van der Waals surface area contributed by atoms with Gasteiger partial charge in [0.1, 0.15) is 6.29 Å². The second-order valence-electron chi connectivity index (χ2n) is 4.08. The molecular formula is C14H17NO2. The maximum atomic E-state index is 10.8. The Kier molecular flexibility index (Phi) is 5.14. The third-order valence-corrected chi connectivity index (χ3v) is 2.35. The number of hydrogen-bond donors (Lipinski definition) is 1. The van der Waals surface area contributed by atoms with E-state index in [9.17, 15) is 9.59 Å². The highest BCUT2D eigenvalue weighted by atomic mass is 16.1. The average Bonchev–Trinajstić information content (AvgIpc) is 2.28. The summed E-state index contributed by atoms with van der Waals surface area (Å²) in [7, 11) is 0. The summed E-state index contributed by atoms with van der Waals surface area (Å²) < 4.78 is 0. The molecule has 0 heterocycles. The Bertz CT molecular complexity index is 407. The van der Waals surface area contributed by atoms with Gasteiger partial charge in [0.05, 0.1) is 0 Å². The van der Waals surface area contributed by atoms with Crippen LogP contribution in [0.5, 0.6) is 0 Å². The zero-order valence-corrected chi connectivity index (χ0v) is 10.1. The van der Waals surface area contributed by atoms with Crippen LogP contribution in [0.1, 0.15) is 19.4 Å². The Hall–Kier alpha value is -1.90. The second kappa shape index (κ2) is 6.63. The van der Waals surface area contributed by atoms with Crippen LogP contribution in [0.3, 0.4) is 0 Å². The van der Waals surface area contributed by atoms with E-state index in [0.29, 0.717) is 5.92 Å². The van der Waals surface area contributed by atoms with E-state index >= 15 is 0 Å². The minimum absolute atomic E-state index is 0.0694. The predicted octanol–water partition coefficient (Wildman–Crippen LogP) is 2.58. The van der Waals surface area contributed by atoms with Crippen LogP contribution >= 0.6 is 0 Å². The van der Waals surface area contributed by atoms with Crippen LogP contribution in [0.25, 0.3) is 0 Å². The van der Waals surface area contributed by atoms with E-state index in [1.54, 1.807) is 0 Å². The van der Waals surface area contributed by atoms with Crippen LogP contribution in [-0.4, -0.2) is 12.2 Å². The zero-order chi connectivity index (χ0) is 12.7. The summed E-state index contributed by atoms with van der Waals surface area (Å²) in [5.74, 6) is 0.256. The predicted molar refractivity (Wildman–Crippen MR) is 68.8 cm³/mol. The Morgan fingerprint density at radius 3 is 2.53 bits per heavy atom. The van der Waals surface area contributed by atoms with Crippen molar-refractivity contribution in [1.29, 1.82) is 0 Å². The van der Waals surface area contributed by atoms with Gasteiger partial charge in [0, 0.05) is 12.6 Å². The fourth-order valence-corrected chi connectivity index (χ4v) is 1.60. The van der Waals surface area contributed by atoms with Crippen molar-refractivity contribution in [1.82, 2.24) is 0 Å². The summed E-state index contributed by atoms with van der Waals surface area (Å²) in [5.41, 5.74) is 1.99. The summed E-state index contributed by atoms with van der Waals surface area (Å²) in [5, 5.41) is 2.72. The third kappa shape index (κ3) is 5.11. The molecule has 3 nitrogen and oxygen atoms in total. The Morgan fingerprint density at radius 2 is 2.00 bits per heavy atom. The van der Waals surface area contributed by atoms with Gasteiger partial charge in [0.2, 0.25) is 5.91 Å². The van der Waals surface area contributed by atoms with E-state index in [0.717, 1.165) is 18.4 Å². The SMILES string of the molecule is CC(=O)Nc1ccc(CC(C)/C=C/C=O)cc1. The van der Waals surface area contributed by atoms with Crippen molar-refractivity contribution in [3.63, 3.8) is 0 Å². The fraction of sp³-hybridized carbons (Fsp3) is 0.286. The van der Waals surface area contributed by atoms with E-state index < -0.39 is 0 Å². The Balaban J connectivity index is 2.58. The second-order valence-corrected chi connectivity index (χ2v) is 4.08. The molecule has 3 heteroatoms. The molecule has 0 bridgehead atoms. The first-order valence-corrected chi connectivity index (χ1v) is 5.60. The summed E-state index contributed by atoms with van der Waals surface area (Å²) in [4.78, 5) is 21.0. The number of amides is 1. The molecule has 0 aliphatic carbocycles. The maximum Gasteiger partial charge on any atom is 0.221 e. The minimum Gasteiger partial charge on any atom is -0.326 e. The molecule has 17 heavy (non-hydrogen) atoms. The topological polar surface area (TPSA) is 46.2 Å². The highest BCUT2D eigenvalue weighted by molar-refractivity contribution is 5.88. The molecule has 0 fully saturated rings. The fourth-order valence-electron chi connectivity index (χ4n) is 1.60. The van der Waals surface area contributed by atoms with Gasteiger partial charge >= 0.3 is 0 Å². The normalized spacial score (nSPS) is 12.4. The molecule has 1 atom stereocenters. The number of carbonyl (C=O) groups is 2. The third-order valence-electron chi connectivity index (χ3n) is 2.35. The average molecular weight is 231 g/mol. The largest absolute Gasteiger partial charge is 0.326 e. The molecule has 90 valence electrons. The van der Waals surface area contributed by atoms with E-state index in [1.807, 2.05) is 30.3 Å². The van der Waals surface area contributed by atoms with E-state index in [4.69, 9.17) is 0 Å². The zero-order valence-electron chi connectivity index (χ0n) is 10.1. The molecule has 0 saturated heterocycles. The monoisotopic (exact) mass is 231 g/mol. The van der Waals surface area contributed by atoms with Crippen molar-refractivity contribution in [3.8, 4) is 0 Å². The minimum atomic E-state index is -0.0694. The lowest BCUT2D eigenvalue weighted by Gasteiger charge is -2.07. The number of allylic oxidation sites excluding steroid dienone is 2. The quantitative estimate of drug-likeness (QED) is 0.625. The molecule has 1 unspecified atom stereocenters. The number of carbonyl (C=O) groups excluding carboxylic acids is 2. The van der Waals surface area contributed by atoms with Gasteiger partial charge in [-0.1, -0.05) is 25.1 Å². The van der Waals surface area contributed by atoms with Crippen LogP contribution in [0.4, 0.5) is 5.69 Å². The van der Waals surface area contributed by atoms with Gasteiger partial charge in [0.15, 0.2) is 0 Å². The van der Waals surface area contributed by atoms with Crippen LogP contribution in [0, 0.1) is 5.92 Å². The van der Waals surface area contributed by atoms with E-state index in [1.165, 1.54) is 18.6 Å². The number of nitrogens with one attached hydrogen (secondary N) is 1. The van der Waals surface area contributed by atoms with Crippen LogP contribution in [0.2, 0.25) is 0 Å². The molecule has 1 N–H and O–H groups in total. The van der Waals surface area contributed by atoms with Crippen LogP contribution in [0.15, 0.2) is 36.4 Å². The van der Waals surface area contributed by atoms with Gasteiger partial charge in [-0.05, 0) is 36.1 Å². The number of rotatable bonds is 5. The molecule has 0 aliphatic rings. The van der Waals surface area contributed by atoms with Crippen molar-refractivity contribution in [3.05, 3.63) is 42.0 Å². The first-order chi connectivity index (χ1) is 8.11. The Morgan fingerprint density at radius 1 is 1.35 bits per heavy atom. The van der Waals surface area contributed by atoms with Crippen molar-refractivity contribution >= 4 is 17.9 Å². The lowest BCUT2D eigenvalue weighted by molar-refractivity contribution is -0.114. The van der Waals surface area contributed by atoms with Gasteiger partial charge in [-0.15, -0.1) is 0 Å². The molecule has 0 aliphatic heterocycles. The molecule has 1 aromatic carbocycles. The Labute approximate surface area is 102 Å². The molecule has 1 amide bonds. The first-order valence-electron chi connectivity index (χ1n) is 5.60. The van der Waals surface area contributed by atoms with Crippen LogP contribution < -0.4 is 5.32 Å². The molecule has 1 aromatic rings. The summed E-state index contributed by atoms with van der Waals surface area (Å²) in [6.45, 7) is 3.54. The highest BCUT2D eigenvalue weighted by Gasteiger charge is 2.00. The molecule has 0 radical (unpaired) electrons. The lowest BCUT2D eigenvalue weighted by Crippen LogP contribution is -2.05. The van der Waals surface area contributed by atoms with Gasteiger partial charge in [-0.3, -0.25) is 9.59 Å². The smallest absolute Gasteiger partial charge is 0.221 e. The summed E-state index contributed by atoms with van der Waals surface area (Å²) in [6.07, 6.45) is 5.08. The number of aldehydes is 1. The molecule has 1 rings (SSSR count). The number of hydrogen-bond acceptors (Lipinski definition) is 2. The summed E-state index contributed by atoms with van der Waals surface area (Å²) in [6, 6.07) is 7.73. The lowest BCUT2D eigenvalue weighted by atomic mass is 10.0. The van der Waals surface area contributed by atoms with E-state index in [-0.39, 0.29) is 5.91 Å². The number of benzene rings is 1. The standard InChI is InChI=1S/C14H17NO2/c1-11(4-3-9-16)10-13-5-7-14(8-6-13)15-12(2)17/h3-9,11H,10H2,1-2H3,(H,15,17)/b4-3+. The van der Waals surface area contributed by atoms with Gasteiger partial charge < -0.3 is 5.32 Å². The van der Waals surface area contributed by atoms with Gasteiger partial charge in [-0.25, -0.2) is 0 Å². The van der Waals surface area contributed by atoms with Gasteiger partial charge in [0.25, 0.3) is 0 Å². The van der Waals surface area contributed by atoms with Crippen molar-refractivity contribution in [2.24, 2.45) is 5.92 Å². The molecule has 0 aromatic heterocycles. The first kappa shape index (κ1) is 13.2. The molecule has 0 spiro atoms. The molecule has 0 saturated carbocycles. The van der Waals surface area contributed by atoms with E-state index in [2.05, 4.69) is 12.2 Å². The summed E-state index contributed by atoms with van der Waals surface area (Å²) >= 11 is 0. The van der Waals surface area contributed by atoms with Crippen LogP contribution in [-0.2, 0) is 16.0 Å². The molecular weight excluding hydrogens is 214 g/mol. The van der Waals surface area contributed by atoms with Crippen molar-refractivity contribution in [2.45, 2.75) is 20.3 Å².